The Morgan fingerprint density at radius 1 is 1.50 bits per heavy atom. The summed E-state index contributed by atoms with van der Waals surface area (Å²) in [7, 11) is 0. The Balaban J connectivity index is 2.57. The molecule has 1 heterocycles. The van der Waals surface area contributed by atoms with Gasteiger partial charge in [-0.05, 0) is 11.6 Å². The van der Waals surface area contributed by atoms with Crippen molar-refractivity contribution in [1.82, 2.24) is 4.98 Å². The molecule has 1 aromatic heterocycles. The number of nitrogens with zero attached hydrogens (tertiary/aromatic N) is 1. The van der Waals surface area contributed by atoms with Gasteiger partial charge in [-0.3, -0.25) is 9.78 Å². The molecule has 1 aromatic rings. The number of aromatic nitrogens is 1. The van der Waals surface area contributed by atoms with Crippen molar-refractivity contribution in [2.24, 2.45) is 0 Å². The van der Waals surface area contributed by atoms with Crippen LogP contribution in [0.25, 0.3) is 0 Å². The first-order valence-corrected chi connectivity index (χ1v) is 3.48. The molecule has 0 radical (unpaired) electrons. The van der Waals surface area contributed by atoms with Crippen molar-refractivity contribution in [2.45, 2.75) is 12.3 Å². The van der Waals surface area contributed by atoms with E-state index in [0.29, 0.717) is 5.56 Å². The van der Waals surface area contributed by atoms with Crippen molar-refractivity contribution < 1.29 is 13.6 Å². The highest BCUT2D eigenvalue weighted by Gasteiger charge is 2.47. The summed E-state index contributed by atoms with van der Waals surface area (Å²) in [5.41, 5.74) is 0.259. The number of pyridine rings is 1. The molecule has 2 nitrogen and oxygen atoms in total. The predicted octanol–water partition coefficient (Wildman–Crippen LogP) is 1.46. The number of Topliss-reactive ketones (excluding diaryl/α,β-unsaturated/α-hetero) is 1. The second-order valence-electron chi connectivity index (χ2n) is 2.72. The van der Waals surface area contributed by atoms with Crippen LogP contribution in [-0.4, -0.2) is 16.7 Å². The molecule has 0 aliphatic heterocycles. The molecule has 0 bridgehead atoms. The predicted molar refractivity (Wildman–Crippen MR) is 37.2 cm³/mol. The summed E-state index contributed by atoms with van der Waals surface area (Å²) < 4.78 is 25.5. The van der Waals surface area contributed by atoms with Crippen LogP contribution in [-0.2, 0) is 6.42 Å². The third kappa shape index (κ3) is 0.841. The molecule has 0 fully saturated rings. The molecular weight excluding hydrogens is 164 g/mol. The average molecular weight is 169 g/mol. The fourth-order valence-electron chi connectivity index (χ4n) is 1.28. The molecule has 0 saturated carbocycles. The number of ketones is 1. The van der Waals surface area contributed by atoms with Gasteiger partial charge in [0.1, 0.15) is 5.69 Å². The fraction of sp³-hybridized carbons (Fsp3) is 0.250. The van der Waals surface area contributed by atoms with E-state index in [2.05, 4.69) is 4.98 Å². The Hall–Kier alpha value is -1.32. The van der Waals surface area contributed by atoms with Crippen LogP contribution in [0.2, 0.25) is 0 Å². The number of alkyl halides is 2. The van der Waals surface area contributed by atoms with Crippen molar-refractivity contribution in [3.05, 3.63) is 29.6 Å². The molecule has 0 saturated heterocycles. The van der Waals surface area contributed by atoms with Gasteiger partial charge in [0.2, 0.25) is 0 Å². The maximum atomic E-state index is 12.7. The van der Waals surface area contributed by atoms with Crippen LogP contribution < -0.4 is 0 Å². The molecule has 0 N–H and O–H groups in total. The van der Waals surface area contributed by atoms with Crippen LogP contribution in [0.5, 0.6) is 0 Å². The van der Waals surface area contributed by atoms with Gasteiger partial charge in [-0.25, -0.2) is 0 Å². The lowest BCUT2D eigenvalue weighted by Gasteiger charge is -2.02. The molecule has 0 unspecified atom stereocenters. The van der Waals surface area contributed by atoms with Crippen LogP contribution in [0, 0.1) is 0 Å². The number of hydrogen-bond donors (Lipinski definition) is 0. The van der Waals surface area contributed by atoms with Crippen LogP contribution >= 0.6 is 0 Å². The summed E-state index contributed by atoms with van der Waals surface area (Å²) in [6.45, 7) is 0. The first kappa shape index (κ1) is 7.34. The van der Waals surface area contributed by atoms with Gasteiger partial charge < -0.3 is 0 Å². The van der Waals surface area contributed by atoms with Crippen molar-refractivity contribution in [3.8, 4) is 0 Å². The average Bonchev–Trinajstić information content (AvgIpc) is 2.24. The Labute approximate surface area is 67.2 Å². The maximum Gasteiger partial charge on any atom is 0.315 e. The zero-order valence-electron chi connectivity index (χ0n) is 6.05. The van der Waals surface area contributed by atoms with E-state index < -0.39 is 18.1 Å². The van der Waals surface area contributed by atoms with E-state index in [1.165, 1.54) is 12.3 Å². The molecule has 0 aromatic carbocycles. The van der Waals surface area contributed by atoms with Gasteiger partial charge in [0.05, 0.1) is 0 Å². The standard InChI is InChI=1S/C8H5F2NO/c9-8(10)4-5-2-1-3-11-6(5)7(8)12/h1-3H,4H2. The Kier molecular flexibility index (Phi) is 1.28. The number of halogens is 2. The second kappa shape index (κ2) is 2.09. The highest BCUT2D eigenvalue weighted by atomic mass is 19.3. The van der Waals surface area contributed by atoms with Crippen LogP contribution in [0.4, 0.5) is 8.78 Å². The molecule has 1 aliphatic carbocycles. The molecule has 1 aliphatic rings. The number of hydrogen-bond acceptors (Lipinski definition) is 2. The Morgan fingerprint density at radius 3 is 2.92 bits per heavy atom. The highest BCUT2D eigenvalue weighted by molar-refractivity contribution is 6.04. The molecule has 2 rings (SSSR count). The molecule has 0 spiro atoms. The van der Waals surface area contributed by atoms with Gasteiger partial charge in [-0.2, -0.15) is 8.78 Å². The quantitative estimate of drug-likeness (QED) is 0.588. The summed E-state index contributed by atoms with van der Waals surface area (Å²) in [6, 6.07) is 3.05. The van der Waals surface area contributed by atoms with Gasteiger partial charge in [-0.1, -0.05) is 6.07 Å². The molecule has 62 valence electrons. The zero-order valence-corrected chi connectivity index (χ0v) is 6.05. The molecular formula is C8H5F2NO. The minimum absolute atomic E-state index is 0.0810. The van der Waals surface area contributed by atoms with E-state index in [-0.39, 0.29) is 5.69 Å². The van der Waals surface area contributed by atoms with E-state index in [4.69, 9.17) is 0 Å². The third-order valence-corrected chi connectivity index (χ3v) is 1.85. The van der Waals surface area contributed by atoms with Crippen LogP contribution in [0.15, 0.2) is 18.3 Å². The van der Waals surface area contributed by atoms with Gasteiger partial charge in [0.15, 0.2) is 0 Å². The van der Waals surface area contributed by atoms with Gasteiger partial charge in [0.25, 0.3) is 5.78 Å². The molecule has 0 amide bonds. The highest BCUT2D eigenvalue weighted by Crippen LogP contribution is 2.32. The second-order valence-corrected chi connectivity index (χ2v) is 2.72. The Bertz CT molecular complexity index is 349. The Morgan fingerprint density at radius 2 is 2.25 bits per heavy atom. The van der Waals surface area contributed by atoms with Crippen molar-refractivity contribution >= 4 is 5.78 Å². The van der Waals surface area contributed by atoms with Crippen molar-refractivity contribution in [3.63, 3.8) is 0 Å². The lowest BCUT2D eigenvalue weighted by Crippen LogP contribution is -2.24. The zero-order chi connectivity index (χ0) is 8.77. The summed E-state index contributed by atoms with van der Waals surface area (Å²) in [4.78, 5) is 14.5. The van der Waals surface area contributed by atoms with E-state index in [0.717, 1.165) is 0 Å². The monoisotopic (exact) mass is 169 g/mol. The van der Waals surface area contributed by atoms with Crippen LogP contribution in [0.3, 0.4) is 0 Å². The lowest BCUT2D eigenvalue weighted by atomic mass is 10.2. The topological polar surface area (TPSA) is 30.0 Å². The molecule has 4 heteroatoms. The number of carbonyl (C=O) groups excluding carboxylic acids is 1. The summed E-state index contributed by atoms with van der Waals surface area (Å²) >= 11 is 0. The normalized spacial score (nSPS) is 19.3. The SMILES string of the molecule is O=C1c2ncccc2CC1(F)F. The maximum absolute atomic E-state index is 12.7. The summed E-state index contributed by atoms with van der Waals surface area (Å²) in [5, 5.41) is 0. The van der Waals surface area contributed by atoms with E-state index in [1.807, 2.05) is 0 Å². The molecule has 12 heavy (non-hydrogen) atoms. The van der Waals surface area contributed by atoms with E-state index in [9.17, 15) is 13.6 Å². The van der Waals surface area contributed by atoms with Crippen molar-refractivity contribution in [2.75, 3.05) is 0 Å². The van der Waals surface area contributed by atoms with Gasteiger partial charge in [-0.15, -0.1) is 0 Å². The van der Waals surface area contributed by atoms with E-state index >= 15 is 0 Å². The van der Waals surface area contributed by atoms with Crippen molar-refractivity contribution in [1.29, 1.82) is 0 Å². The minimum atomic E-state index is -3.24. The number of rotatable bonds is 0. The van der Waals surface area contributed by atoms with Crippen LogP contribution in [0.1, 0.15) is 16.1 Å². The smallest absolute Gasteiger partial charge is 0.286 e. The van der Waals surface area contributed by atoms with Gasteiger partial charge in [0, 0.05) is 12.6 Å². The number of fused-ring (bicyclic) bond motifs is 1. The largest absolute Gasteiger partial charge is 0.315 e. The summed E-state index contributed by atoms with van der Waals surface area (Å²) in [6.07, 6.45) is 0.840. The lowest BCUT2D eigenvalue weighted by molar-refractivity contribution is 0.0165. The fourth-order valence-corrected chi connectivity index (χ4v) is 1.28. The summed E-state index contributed by atoms with van der Waals surface area (Å²) in [5.74, 6) is -4.39. The van der Waals surface area contributed by atoms with E-state index in [1.54, 1.807) is 6.07 Å². The first-order valence-electron chi connectivity index (χ1n) is 3.48. The van der Waals surface area contributed by atoms with Gasteiger partial charge >= 0.3 is 5.92 Å². The minimum Gasteiger partial charge on any atom is -0.286 e. The molecule has 0 atom stereocenters. The number of carbonyl (C=O) groups is 1. The third-order valence-electron chi connectivity index (χ3n) is 1.85. The first-order chi connectivity index (χ1) is 5.61.